The van der Waals surface area contributed by atoms with Gasteiger partial charge in [0.05, 0.1) is 6.42 Å². The molecule has 0 N–H and O–H groups in total. The topological polar surface area (TPSA) is 61.8 Å². The quantitative estimate of drug-likeness (QED) is 0.119. The molecule has 0 bridgehead atoms. The Hall–Kier alpha value is -5.78. The van der Waals surface area contributed by atoms with Crippen molar-refractivity contribution < 1.29 is 23.8 Å². The predicted molar refractivity (Wildman–Crippen MR) is 186 cm³/mol. The summed E-state index contributed by atoms with van der Waals surface area (Å²) in [5.41, 5.74) is 4.91. The fraction of sp³-hybridized carbons (Fsp3) is 0.116. The van der Waals surface area contributed by atoms with Crippen molar-refractivity contribution in [2.45, 2.75) is 30.8 Å². The second kappa shape index (κ2) is 16.2. The van der Waals surface area contributed by atoms with Gasteiger partial charge in [0.1, 0.15) is 6.10 Å². The number of carbonyl (C=O) groups excluding carboxylic acids is 2. The zero-order valence-electron chi connectivity index (χ0n) is 26.4. The molecular formula is C43H36O5. The molecule has 0 aliphatic heterocycles. The third-order valence-corrected chi connectivity index (χ3v) is 8.01. The number of benzene rings is 6. The first-order valence-corrected chi connectivity index (χ1v) is 16.0. The molecule has 0 saturated carbocycles. The third kappa shape index (κ3) is 8.32. The molecular weight excluding hydrogens is 596 g/mol. The van der Waals surface area contributed by atoms with Gasteiger partial charge in [-0.2, -0.15) is 0 Å². The molecule has 0 saturated heterocycles. The Morgan fingerprint density at radius 3 is 0.958 bits per heavy atom. The van der Waals surface area contributed by atoms with Crippen LogP contribution in [0, 0.1) is 0 Å². The van der Waals surface area contributed by atoms with Crippen LogP contribution in [0.15, 0.2) is 182 Å². The molecule has 0 radical (unpaired) electrons. The highest BCUT2D eigenvalue weighted by molar-refractivity contribution is 5.82. The largest absolute Gasteiger partial charge is 0.452 e. The van der Waals surface area contributed by atoms with Gasteiger partial charge < -0.3 is 14.2 Å². The molecule has 0 heterocycles. The molecule has 0 fully saturated rings. The lowest BCUT2D eigenvalue weighted by Gasteiger charge is -2.27. The van der Waals surface area contributed by atoms with Crippen LogP contribution < -0.4 is 0 Å². The second-order valence-corrected chi connectivity index (χ2v) is 11.4. The fourth-order valence-corrected chi connectivity index (χ4v) is 5.65. The van der Waals surface area contributed by atoms with E-state index in [1.54, 1.807) is 0 Å². The van der Waals surface area contributed by atoms with Crippen LogP contribution in [0.4, 0.5) is 0 Å². The highest BCUT2D eigenvalue weighted by Gasteiger charge is 2.33. The second-order valence-electron chi connectivity index (χ2n) is 11.4. The van der Waals surface area contributed by atoms with E-state index in [0.29, 0.717) is 0 Å². The fourth-order valence-electron chi connectivity index (χ4n) is 5.65. The van der Waals surface area contributed by atoms with E-state index < -0.39 is 36.4 Å². The van der Waals surface area contributed by atoms with Crippen LogP contribution in [-0.2, 0) is 23.8 Å². The lowest BCUT2D eigenvalue weighted by Crippen LogP contribution is -2.33. The van der Waals surface area contributed by atoms with Crippen LogP contribution in [0.5, 0.6) is 0 Å². The molecule has 0 aromatic heterocycles. The van der Waals surface area contributed by atoms with Gasteiger partial charge in [-0.15, -0.1) is 0 Å². The monoisotopic (exact) mass is 632 g/mol. The summed E-state index contributed by atoms with van der Waals surface area (Å²) >= 11 is 0. The van der Waals surface area contributed by atoms with Crippen molar-refractivity contribution in [1.29, 1.82) is 0 Å². The van der Waals surface area contributed by atoms with Gasteiger partial charge in [-0.3, -0.25) is 4.79 Å². The van der Waals surface area contributed by atoms with E-state index in [1.165, 1.54) is 0 Å². The van der Waals surface area contributed by atoms with Crippen molar-refractivity contribution in [2.75, 3.05) is 0 Å². The van der Waals surface area contributed by atoms with E-state index in [0.717, 1.165) is 33.4 Å². The van der Waals surface area contributed by atoms with Gasteiger partial charge in [0.25, 0.3) is 0 Å². The molecule has 6 aromatic rings. The van der Waals surface area contributed by atoms with Gasteiger partial charge in [0.2, 0.25) is 0 Å². The summed E-state index contributed by atoms with van der Waals surface area (Å²) < 4.78 is 19.1. The normalized spacial score (nSPS) is 11.7. The van der Waals surface area contributed by atoms with E-state index in [4.69, 9.17) is 14.2 Å². The lowest BCUT2D eigenvalue weighted by molar-refractivity contribution is -0.171. The minimum Gasteiger partial charge on any atom is -0.452 e. The van der Waals surface area contributed by atoms with Crippen molar-refractivity contribution in [2.24, 2.45) is 0 Å². The van der Waals surface area contributed by atoms with Gasteiger partial charge in [-0.1, -0.05) is 182 Å². The maximum absolute atomic E-state index is 14.3. The number of carbonyl (C=O) groups is 2. The first-order valence-electron chi connectivity index (χ1n) is 16.0. The molecule has 1 unspecified atom stereocenters. The zero-order valence-corrected chi connectivity index (χ0v) is 26.4. The molecule has 6 aromatic carbocycles. The zero-order chi connectivity index (χ0) is 33.0. The van der Waals surface area contributed by atoms with E-state index in [-0.39, 0.29) is 6.42 Å². The number of hydrogen-bond donors (Lipinski definition) is 0. The average Bonchev–Trinajstić information content (AvgIpc) is 3.16. The van der Waals surface area contributed by atoms with E-state index >= 15 is 0 Å². The molecule has 238 valence electrons. The van der Waals surface area contributed by atoms with Gasteiger partial charge in [0, 0.05) is 0 Å². The van der Waals surface area contributed by atoms with E-state index in [9.17, 15) is 9.59 Å². The maximum atomic E-state index is 14.3. The number of hydrogen-bond acceptors (Lipinski definition) is 5. The van der Waals surface area contributed by atoms with Crippen LogP contribution in [0.2, 0.25) is 0 Å². The summed E-state index contributed by atoms with van der Waals surface area (Å²) in [4.78, 5) is 28.2. The molecule has 0 aliphatic rings. The van der Waals surface area contributed by atoms with Gasteiger partial charge in [-0.05, 0) is 33.4 Å². The van der Waals surface area contributed by atoms with Crippen molar-refractivity contribution in [3.8, 4) is 0 Å². The molecule has 5 nitrogen and oxygen atoms in total. The van der Waals surface area contributed by atoms with Crippen molar-refractivity contribution in [3.63, 3.8) is 0 Å². The molecule has 0 aliphatic carbocycles. The first-order chi connectivity index (χ1) is 23.7. The molecule has 0 spiro atoms. The Labute approximate surface area is 281 Å². The van der Waals surface area contributed by atoms with E-state index in [1.807, 2.05) is 182 Å². The van der Waals surface area contributed by atoms with Gasteiger partial charge in [-0.25, -0.2) is 4.79 Å². The Kier molecular flexibility index (Phi) is 10.8. The maximum Gasteiger partial charge on any atom is 0.336 e. The minimum atomic E-state index is -1.29. The van der Waals surface area contributed by atoms with Gasteiger partial charge in [0.15, 0.2) is 18.3 Å². The highest BCUT2D eigenvalue weighted by atomic mass is 16.6. The van der Waals surface area contributed by atoms with Crippen molar-refractivity contribution >= 4 is 11.9 Å². The Bertz CT molecular complexity index is 1730. The number of esters is 2. The van der Waals surface area contributed by atoms with Crippen molar-refractivity contribution in [1.82, 2.24) is 0 Å². The van der Waals surface area contributed by atoms with Crippen LogP contribution in [0.3, 0.4) is 0 Å². The number of rotatable bonds is 13. The van der Waals surface area contributed by atoms with Crippen LogP contribution in [0.25, 0.3) is 0 Å². The summed E-state index contributed by atoms with van der Waals surface area (Å²) in [7, 11) is 0. The van der Waals surface area contributed by atoms with Crippen LogP contribution >= 0.6 is 0 Å². The minimum absolute atomic E-state index is 0.360. The van der Waals surface area contributed by atoms with Crippen LogP contribution in [0.1, 0.15) is 58.1 Å². The van der Waals surface area contributed by atoms with Crippen LogP contribution in [-0.4, -0.2) is 18.0 Å². The Morgan fingerprint density at radius 1 is 0.375 bits per heavy atom. The van der Waals surface area contributed by atoms with Gasteiger partial charge >= 0.3 is 11.9 Å². The molecule has 1 atom stereocenters. The predicted octanol–water partition coefficient (Wildman–Crippen LogP) is 9.22. The highest BCUT2D eigenvalue weighted by Crippen LogP contribution is 2.32. The Morgan fingerprint density at radius 2 is 0.646 bits per heavy atom. The molecule has 6 rings (SSSR count). The lowest BCUT2D eigenvalue weighted by atomic mass is 10.0. The summed E-state index contributed by atoms with van der Waals surface area (Å²) in [5.74, 6) is -1.26. The first kappa shape index (κ1) is 32.2. The summed E-state index contributed by atoms with van der Waals surface area (Å²) in [5, 5.41) is 0. The molecule has 0 amide bonds. The molecule has 48 heavy (non-hydrogen) atoms. The summed E-state index contributed by atoms with van der Waals surface area (Å²) in [6.45, 7) is 0. The Balaban J connectivity index is 1.34. The third-order valence-electron chi connectivity index (χ3n) is 8.01. The van der Waals surface area contributed by atoms with Crippen molar-refractivity contribution in [3.05, 3.63) is 215 Å². The number of ether oxygens (including phenoxy) is 3. The summed E-state index contributed by atoms with van der Waals surface area (Å²) in [6.07, 6.45) is -3.68. The summed E-state index contributed by atoms with van der Waals surface area (Å²) in [6, 6.07) is 57.5. The molecule has 5 heteroatoms. The standard InChI is InChI=1S/C43H36O5/c44-39(47-41(34-23-11-3-12-24-34)35-25-13-4-14-26-35)31-38(46-40(32-19-7-1-8-20-32)33-21-9-2-10-22-33)43(45)48-42(36-27-15-5-16-28-36)37-29-17-6-18-30-37/h1-30,38,40-42H,31H2. The average molecular weight is 633 g/mol. The van der Waals surface area contributed by atoms with E-state index in [2.05, 4.69) is 0 Å². The SMILES string of the molecule is O=C(CC(OC(c1ccccc1)c1ccccc1)C(=O)OC(c1ccccc1)c1ccccc1)OC(c1ccccc1)c1ccccc1. The smallest absolute Gasteiger partial charge is 0.336 e.